The number of hydrogen-bond donors (Lipinski definition) is 2. The summed E-state index contributed by atoms with van der Waals surface area (Å²) in [5.74, 6) is -0.495. The predicted octanol–water partition coefficient (Wildman–Crippen LogP) is 3.05. The summed E-state index contributed by atoms with van der Waals surface area (Å²) in [7, 11) is -3.38. The van der Waals surface area contributed by atoms with Gasteiger partial charge in [-0.25, -0.2) is 9.65 Å². The number of carbonyl (C=O) groups is 1. The zero-order valence-corrected chi connectivity index (χ0v) is 13.0. The highest BCUT2D eigenvalue weighted by atomic mass is 35.5. The molecule has 0 radical (unpaired) electrons. The Hall–Kier alpha value is -1.07. The molecule has 0 aromatic heterocycles. The molecule has 1 aromatic rings. The minimum Gasteiger partial charge on any atom is -0.465 e. The molecule has 0 saturated heterocycles. The monoisotopic (exact) mass is 320 g/mol. The molecule has 112 valence electrons. The average Bonchev–Trinajstić information content (AvgIpc) is 2.40. The van der Waals surface area contributed by atoms with E-state index in [1.54, 1.807) is 38.1 Å². The number of benzene rings is 1. The lowest BCUT2D eigenvalue weighted by Gasteiger charge is -2.20. The number of esters is 1. The van der Waals surface area contributed by atoms with Gasteiger partial charge in [0.2, 0.25) is 0 Å². The van der Waals surface area contributed by atoms with E-state index in [0.717, 1.165) is 0 Å². The van der Waals surface area contributed by atoms with Crippen molar-refractivity contribution < 1.29 is 18.6 Å². The molecule has 0 aliphatic rings. The molecule has 0 aliphatic carbocycles. The first-order valence-electron chi connectivity index (χ1n) is 6.18. The van der Waals surface area contributed by atoms with E-state index in [-0.39, 0.29) is 19.8 Å². The molecule has 0 amide bonds. The Balaban J connectivity index is 2.68. The van der Waals surface area contributed by atoms with Crippen molar-refractivity contribution in [3.05, 3.63) is 29.3 Å². The molecule has 1 unspecified atom stereocenters. The molecule has 0 aliphatic heterocycles. The summed E-state index contributed by atoms with van der Waals surface area (Å²) in [6.07, 6.45) is 0. The van der Waals surface area contributed by atoms with Crippen LogP contribution in [0.4, 0.5) is 5.69 Å². The second kappa shape index (κ2) is 8.27. The van der Waals surface area contributed by atoms with Crippen LogP contribution in [0.25, 0.3) is 0 Å². The van der Waals surface area contributed by atoms with Gasteiger partial charge in [-0.2, -0.15) is 0 Å². The van der Waals surface area contributed by atoms with Crippen molar-refractivity contribution in [2.75, 3.05) is 24.8 Å². The highest BCUT2D eigenvalue weighted by Gasteiger charge is 2.23. The van der Waals surface area contributed by atoms with E-state index in [1.165, 1.54) is 0 Å². The largest absolute Gasteiger partial charge is 0.465 e. The van der Waals surface area contributed by atoms with Gasteiger partial charge >= 0.3 is 13.6 Å². The summed E-state index contributed by atoms with van der Waals surface area (Å²) in [6, 6.07) is 6.65. The van der Waals surface area contributed by atoms with Crippen LogP contribution in [0.5, 0.6) is 0 Å². The molecule has 0 heterocycles. The fraction of sp³-hybridized carbons (Fsp3) is 0.417. The number of anilines is 1. The van der Waals surface area contributed by atoms with Crippen molar-refractivity contribution in [1.82, 2.24) is 5.09 Å². The molecule has 1 rings (SSSR count). The second-order valence-corrected chi connectivity index (χ2v) is 6.07. The first-order valence-corrected chi connectivity index (χ1v) is 8.18. The third kappa shape index (κ3) is 5.92. The van der Waals surface area contributed by atoms with Crippen molar-refractivity contribution in [1.29, 1.82) is 0 Å². The molecular formula is C12H18ClN2O4P. The average molecular weight is 321 g/mol. The Bertz CT molecular complexity index is 481. The van der Waals surface area contributed by atoms with Crippen molar-refractivity contribution in [3.63, 3.8) is 0 Å². The van der Waals surface area contributed by atoms with Crippen LogP contribution in [0.2, 0.25) is 5.02 Å². The predicted molar refractivity (Wildman–Crippen MR) is 78.9 cm³/mol. The number of hydrogen-bond acceptors (Lipinski definition) is 4. The van der Waals surface area contributed by atoms with Gasteiger partial charge in [-0.1, -0.05) is 11.6 Å². The SMILES string of the molecule is CCOC(=O)CNP(=O)(Nc1ccc(Cl)cc1)OCC. The van der Waals surface area contributed by atoms with Crippen LogP contribution in [0.1, 0.15) is 13.8 Å². The first kappa shape index (κ1) is 17.0. The van der Waals surface area contributed by atoms with Crippen LogP contribution in [0.15, 0.2) is 24.3 Å². The molecule has 0 bridgehead atoms. The van der Waals surface area contributed by atoms with Gasteiger partial charge in [0.25, 0.3) is 0 Å². The van der Waals surface area contributed by atoms with E-state index in [4.69, 9.17) is 20.9 Å². The lowest BCUT2D eigenvalue weighted by Crippen LogP contribution is -2.26. The molecule has 1 atom stereocenters. The molecule has 0 spiro atoms. The molecule has 20 heavy (non-hydrogen) atoms. The van der Waals surface area contributed by atoms with Crippen LogP contribution >= 0.6 is 19.3 Å². The molecule has 8 heteroatoms. The number of rotatable bonds is 8. The lowest BCUT2D eigenvalue weighted by atomic mass is 10.3. The maximum Gasteiger partial charge on any atom is 0.366 e. The maximum absolute atomic E-state index is 12.5. The van der Waals surface area contributed by atoms with Gasteiger partial charge in [0.1, 0.15) is 6.54 Å². The summed E-state index contributed by atoms with van der Waals surface area (Å²) in [5.41, 5.74) is 0.572. The molecule has 0 saturated carbocycles. The highest BCUT2D eigenvalue weighted by molar-refractivity contribution is 7.58. The van der Waals surface area contributed by atoms with Gasteiger partial charge in [0, 0.05) is 10.7 Å². The van der Waals surface area contributed by atoms with Gasteiger partial charge in [-0.3, -0.25) is 4.79 Å². The van der Waals surface area contributed by atoms with Crippen LogP contribution < -0.4 is 10.2 Å². The van der Waals surface area contributed by atoms with Crippen LogP contribution in [-0.2, 0) is 18.6 Å². The quantitative estimate of drug-likeness (QED) is 0.566. The Morgan fingerprint density at radius 2 is 1.90 bits per heavy atom. The minimum absolute atomic E-state index is 0.203. The van der Waals surface area contributed by atoms with Gasteiger partial charge in [-0.05, 0) is 38.1 Å². The van der Waals surface area contributed by atoms with E-state index >= 15 is 0 Å². The Morgan fingerprint density at radius 3 is 2.45 bits per heavy atom. The Kier molecular flexibility index (Phi) is 7.02. The number of nitrogens with one attached hydrogen (secondary N) is 2. The molecular weight excluding hydrogens is 303 g/mol. The topological polar surface area (TPSA) is 76.7 Å². The molecule has 0 fully saturated rings. The van der Waals surface area contributed by atoms with Crippen molar-refractivity contribution >= 4 is 30.9 Å². The zero-order chi connectivity index (χ0) is 15.0. The summed E-state index contributed by atoms with van der Waals surface area (Å²) < 4.78 is 22.4. The van der Waals surface area contributed by atoms with E-state index in [2.05, 4.69) is 10.2 Å². The van der Waals surface area contributed by atoms with Crippen LogP contribution in [0.3, 0.4) is 0 Å². The van der Waals surface area contributed by atoms with Gasteiger partial charge in [-0.15, -0.1) is 0 Å². The van der Waals surface area contributed by atoms with E-state index < -0.39 is 13.6 Å². The fourth-order valence-corrected chi connectivity index (χ4v) is 2.93. The number of carbonyl (C=O) groups excluding carboxylic acids is 1. The first-order chi connectivity index (χ1) is 9.49. The van der Waals surface area contributed by atoms with E-state index in [0.29, 0.717) is 10.7 Å². The van der Waals surface area contributed by atoms with Gasteiger partial charge in [0.15, 0.2) is 0 Å². The van der Waals surface area contributed by atoms with Crippen LogP contribution in [0, 0.1) is 0 Å². The normalized spacial score (nSPS) is 13.6. The number of ether oxygens (including phenoxy) is 1. The summed E-state index contributed by atoms with van der Waals surface area (Å²) in [6.45, 7) is 3.71. The lowest BCUT2D eigenvalue weighted by molar-refractivity contribution is -0.141. The number of halogens is 1. The van der Waals surface area contributed by atoms with Crippen LogP contribution in [-0.4, -0.2) is 25.7 Å². The maximum atomic E-state index is 12.5. The standard InChI is InChI=1S/C12H18ClN2O4P/c1-3-18-12(16)9-14-20(17,19-4-2)15-11-7-5-10(13)6-8-11/h5-8H,3-4,9H2,1-2H3,(H2,14,15,17). The summed E-state index contributed by atoms with van der Waals surface area (Å²) in [5, 5.41) is 5.87. The smallest absolute Gasteiger partial charge is 0.366 e. The summed E-state index contributed by atoms with van der Waals surface area (Å²) in [4.78, 5) is 11.3. The molecule has 2 N–H and O–H groups in total. The van der Waals surface area contributed by atoms with Crippen molar-refractivity contribution in [2.24, 2.45) is 0 Å². The van der Waals surface area contributed by atoms with E-state index in [1.807, 2.05) is 0 Å². The highest BCUT2D eigenvalue weighted by Crippen LogP contribution is 2.42. The summed E-state index contributed by atoms with van der Waals surface area (Å²) >= 11 is 5.78. The zero-order valence-electron chi connectivity index (χ0n) is 11.4. The Labute approximate surface area is 123 Å². The van der Waals surface area contributed by atoms with Crippen molar-refractivity contribution in [2.45, 2.75) is 13.8 Å². The molecule has 6 nitrogen and oxygen atoms in total. The van der Waals surface area contributed by atoms with Crippen molar-refractivity contribution in [3.8, 4) is 0 Å². The van der Waals surface area contributed by atoms with E-state index in [9.17, 15) is 9.36 Å². The molecule has 1 aromatic carbocycles. The third-order valence-corrected chi connectivity index (χ3v) is 4.17. The fourth-order valence-electron chi connectivity index (χ4n) is 1.37. The second-order valence-electron chi connectivity index (χ2n) is 3.73. The van der Waals surface area contributed by atoms with Gasteiger partial charge < -0.3 is 14.3 Å². The third-order valence-electron chi connectivity index (χ3n) is 2.17. The van der Waals surface area contributed by atoms with Gasteiger partial charge in [0.05, 0.1) is 13.2 Å². The minimum atomic E-state index is -3.38. The Morgan fingerprint density at radius 1 is 1.25 bits per heavy atom.